The maximum absolute atomic E-state index is 11.3. The second kappa shape index (κ2) is 8.35. The average Bonchev–Trinajstić information content (AvgIpc) is 3.28. The summed E-state index contributed by atoms with van der Waals surface area (Å²) in [7, 11) is 0. The Hall–Kier alpha value is -2.34. The van der Waals surface area contributed by atoms with E-state index in [0.717, 1.165) is 29.8 Å². The highest BCUT2D eigenvalue weighted by Gasteiger charge is 2.22. The van der Waals surface area contributed by atoms with Gasteiger partial charge in [0.25, 0.3) is 0 Å². The fraction of sp³-hybridized carbons (Fsp3) is 0.455. The standard InChI is InChI=1S/C22H28N2O3S/c1-6-13(4)16-9-15(10-17(14(5)7-2)20(16)27-8-3)19-12-28-22-23-18(21(25)26)11-24(19)22/h9-14H,6-8H2,1-5H3,(H,25,26). The first kappa shape index (κ1) is 20.4. The van der Waals surface area contributed by atoms with Gasteiger partial charge in [-0.05, 0) is 54.9 Å². The molecule has 1 aromatic carbocycles. The highest BCUT2D eigenvalue weighted by Crippen LogP contribution is 2.41. The van der Waals surface area contributed by atoms with Gasteiger partial charge in [-0.15, -0.1) is 11.3 Å². The molecule has 0 amide bonds. The van der Waals surface area contributed by atoms with Gasteiger partial charge in [-0.25, -0.2) is 9.78 Å². The van der Waals surface area contributed by atoms with Crippen LogP contribution in [0.25, 0.3) is 16.2 Å². The molecular weight excluding hydrogens is 372 g/mol. The van der Waals surface area contributed by atoms with Crippen LogP contribution in [-0.4, -0.2) is 27.1 Å². The number of carboxylic acid groups (broad SMARTS) is 1. The number of aromatic carboxylic acids is 1. The summed E-state index contributed by atoms with van der Waals surface area (Å²) in [5.74, 6) is 0.749. The molecule has 6 heteroatoms. The SMILES string of the molecule is CCOc1c(C(C)CC)cc(-c2csc3nc(C(=O)O)cn23)cc1C(C)CC. The molecule has 0 saturated heterocycles. The first-order valence-electron chi connectivity index (χ1n) is 9.91. The Kier molecular flexibility index (Phi) is 6.08. The number of fused-ring (bicyclic) bond motifs is 1. The van der Waals surface area contributed by atoms with Gasteiger partial charge in [0, 0.05) is 17.1 Å². The molecule has 2 unspecified atom stereocenters. The van der Waals surface area contributed by atoms with E-state index in [2.05, 4.69) is 44.8 Å². The van der Waals surface area contributed by atoms with E-state index in [1.807, 2.05) is 16.7 Å². The van der Waals surface area contributed by atoms with Crippen LogP contribution in [0.15, 0.2) is 23.7 Å². The van der Waals surface area contributed by atoms with Gasteiger partial charge in [0.15, 0.2) is 10.7 Å². The van der Waals surface area contributed by atoms with Gasteiger partial charge in [-0.2, -0.15) is 0 Å². The van der Waals surface area contributed by atoms with Crippen molar-refractivity contribution in [3.8, 4) is 17.0 Å². The number of hydrogen-bond donors (Lipinski definition) is 1. The van der Waals surface area contributed by atoms with Crippen molar-refractivity contribution in [3.05, 3.63) is 40.5 Å². The van der Waals surface area contributed by atoms with E-state index in [4.69, 9.17) is 4.74 Å². The molecule has 3 aromatic rings. The first-order chi connectivity index (χ1) is 13.4. The Labute approximate surface area is 170 Å². The monoisotopic (exact) mass is 400 g/mol. The molecule has 5 nitrogen and oxygen atoms in total. The van der Waals surface area contributed by atoms with Crippen molar-refractivity contribution in [3.63, 3.8) is 0 Å². The van der Waals surface area contributed by atoms with Gasteiger partial charge in [0.05, 0.1) is 12.3 Å². The molecule has 0 bridgehead atoms. The van der Waals surface area contributed by atoms with Gasteiger partial charge < -0.3 is 9.84 Å². The summed E-state index contributed by atoms with van der Waals surface area (Å²) in [5.41, 5.74) is 4.56. The molecule has 0 aliphatic heterocycles. The molecular formula is C22H28N2O3S. The number of hydrogen-bond acceptors (Lipinski definition) is 4. The van der Waals surface area contributed by atoms with Gasteiger partial charge in [0.2, 0.25) is 0 Å². The van der Waals surface area contributed by atoms with Crippen LogP contribution in [0.4, 0.5) is 0 Å². The highest BCUT2D eigenvalue weighted by atomic mass is 32.1. The summed E-state index contributed by atoms with van der Waals surface area (Å²) >= 11 is 1.46. The summed E-state index contributed by atoms with van der Waals surface area (Å²) in [5, 5.41) is 11.3. The number of rotatable bonds is 8. The van der Waals surface area contributed by atoms with E-state index in [9.17, 15) is 9.90 Å². The molecule has 2 atom stereocenters. The van der Waals surface area contributed by atoms with Crippen LogP contribution in [0.1, 0.15) is 80.9 Å². The zero-order valence-corrected chi connectivity index (χ0v) is 18.0. The lowest BCUT2D eigenvalue weighted by molar-refractivity contribution is 0.0691. The van der Waals surface area contributed by atoms with Gasteiger partial charge in [-0.1, -0.05) is 27.7 Å². The van der Waals surface area contributed by atoms with E-state index >= 15 is 0 Å². The van der Waals surface area contributed by atoms with Crippen LogP contribution >= 0.6 is 11.3 Å². The zero-order chi connectivity index (χ0) is 20.4. The van der Waals surface area contributed by atoms with E-state index in [0.29, 0.717) is 23.4 Å². The second-order valence-corrected chi connectivity index (χ2v) is 8.08. The highest BCUT2D eigenvalue weighted by molar-refractivity contribution is 7.15. The number of ether oxygens (including phenoxy) is 1. The smallest absolute Gasteiger partial charge is 0.356 e. The van der Waals surface area contributed by atoms with Crippen LogP contribution in [0.5, 0.6) is 5.75 Å². The third-order valence-electron chi connectivity index (χ3n) is 5.45. The second-order valence-electron chi connectivity index (χ2n) is 7.24. The van der Waals surface area contributed by atoms with Gasteiger partial charge >= 0.3 is 5.97 Å². The topological polar surface area (TPSA) is 63.8 Å². The Bertz CT molecular complexity index is 958. The maximum atomic E-state index is 11.3. The predicted molar refractivity (Wildman–Crippen MR) is 114 cm³/mol. The molecule has 0 spiro atoms. The first-order valence-corrected chi connectivity index (χ1v) is 10.8. The number of aromatic nitrogens is 2. The Morgan fingerprint density at radius 1 is 1.18 bits per heavy atom. The Morgan fingerprint density at radius 3 is 2.29 bits per heavy atom. The summed E-state index contributed by atoms with van der Waals surface area (Å²) in [4.78, 5) is 16.2. The predicted octanol–water partition coefficient (Wildman–Crippen LogP) is 6.19. The molecule has 0 aliphatic carbocycles. The number of imidazole rings is 1. The van der Waals surface area contributed by atoms with Crippen molar-refractivity contribution >= 4 is 22.3 Å². The van der Waals surface area contributed by atoms with E-state index in [1.54, 1.807) is 6.20 Å². The fourth-order valence-electron chi connectivity index (χ4n) is 3.40. The van der Waals surface area contributed by atoms with E-state index in [-0.39, 0.29) is 5.69 Å². The summed E-state index contributed by atoms with van der Waals surface area (Å²) in [6.45, 7) is 11.5. The van der Waals surface area contributed by atoms with Crippen molar-refractivity contribution in [1.82, 2.24) is 9.38 Å². The quantitative estimate of drug-likeness (QED) is 0.490. The van der Waals surface area contributed by atoms with Crippen LogP contribution in [0.3, 0.4) is 0 Å². The third kappa shape index (κ3) is 3.65. The molecule has 2 aromatic heterocycles. The van der Waals surface area contributed by atoms with Crippen molar-refractivity contribution in [2.24, 2.45) is 0 Å². The lowest BCUT2D eigenvalue weighted by Crippen LogP contribution is -2.06. The van der Waals surface area contributed by atoms with Crippen LogP contribution in [0, 0.1) is 0 Å². The van der Waals surface area contributed by atoms with Gasteiger partial charge in [0.1, 0.15) is 5.75 Å². The largest absolute Gasteiger partial charge is 0.493 e. The Balaban J connectivity index is 2.24. The van der Waals surface area contributed by atoms with Crippen LogP contribution in [-0.2, 0) is 0 Å². The number of carboxylic acids is 1. The molecule has 28 heavy (non-hydrogen) atoms. The molecule has 150 valence electrons. The summed E-state index contributed by atoms with van der Waals surface area (Å²) < 4.78 is 7.99. The number of nitrogens with zero attached hydrogens (tertiary/aromatic N) is 2. The van der Waals surface area contributed by atoms with Crippen LogP contribution < -0.4 is 4.74 Å². The number of carbonyl (C=O) groups is 1. The van der Waals surface area contributed by atoms with Crippen molar-refractivity contribution in [1.29, 1.82) is 0 Å². The lowest BCUT2D eigenvalue weighted by atomic mass is 9.87. The molecule has 0 aliphatic rings. The average molecular weight is 401 g/mol. The summed E-state index contributed by atoms with van der Waals surface area (Å²) in [6.07, 6.45) is 3.65. The maximum Gasteiger partial charge on any atom is 0.356 e. The van der Waals surface area contributed by atoms with Gasteiger partial charge in [-0.3, -0.25) is 4.40 Å². The normalized spacial score (nSPS) is 13.6. The molecule has 0 saturated carbocycles. The minimum absolute atomic E-state index is 0.0725. The molecule has 0 fully saturated rings. The third-order valence-corrected chi connectivity index (χ3v) is 6.29. The Morgan fingerprint density at radius 2 is 1.79 bits per heavy atom. The van der Waals surface area contributed by atoms with Crippen molar-refractivity contribution < 1.29 is 14.6 Å². The molecule has 2 heterocycles. The minimum Gasteiger partial charge on any atom is -0.493 e. The fourth-order valence-corrected chi connectivity index (χ4v) is 4.28. The zero-order valence-electron chi connectivity index (χ0n) is 17.2. The van der Waals surface area contributed by atoms with E-state index in [1.165, 1.54) is 22.5 Å². The molecule has 0 radical (unpaired) electrons. The van der Waals surface area contributed by atoms with E-state index < -0.39 is 5.97 Å². The lowest BCUT2D eigenvalue weighted by Gasteiger charge is -2.23. The molecule has 3 rings (SSSR count). The van der Waals surface area contributed by atoms with Crippen molar-refractivity contribution in [2.45, 2.75) is 59.3 Å². The number of benzene rings is 1. The molecule has 1 N–H and O–H groups in total. The van der Waals surface area contributed by atoms with Crippen molar-refractivity contribution in [2.75, 3.05) is 6.61 Å². The minimum atomic E-state index is -1.01. The van der Waals surface area contributed by atoms with Crippen LogP contribution in [0.2, 0.25) is 0 Å². The number of thiazole rings is 1. The summed E-state index contributed by atoms with van der Waals surface area (Å²) in [6, 6.07) is 4.40.